The minimum absolute atomic E-state index is 0. The summed E-state index contributed by atoms with van der Waals surface area (Å²) >= 11 is 11.0. The van der Waals surface area contributed by atoms with Crippen molar-refractivity contribution in [3.05, 3.63) is 85.2 Å². The van der Waals surface area contributed by atoms with E-state index < -0.39 is 0 Å². The third-order valence-corrected chi connectivity index (χ3v) is 6.85. The largest absolute Gasteiger partial charge is 0.312 e. The molecule has 0 saturated heterocycles. The van der Waals surface area contributed by atoms with Crippen molar-refractivity contribution in [2.45, 2.75) is 19.5 Å². The molecule has 0 fully saturated rings. The molecule has 30 heavy (non-hydrogen) atoms. The lowest BCUT2D eigenvalue weighted by molar-refractivity contribution is 0.102. The maximum atomic E-state index is 12.7. The smallest absolute Gasteiger partial charge is 0.257 e. The van der Waals surface area contributed by atoms with Crippen LogP contribution in [0.3, 0.4) is 0 Å². The molecule has 0 saturated carbocycles. The zero-order chi connectivity index (χ0) is 20.4. The van der Waals surface area contributed by atoms with E-state index in [2.05, 4.69) is 44.3 Å². The van der Waals surface area contributed by atoms with Crippen molar-refractivity contribution in [3.8, 4) is 6.07 Å². The quantitative estimate of drug-likeness (QED) is 0.439. The summed E-state index contributed by atoms with van der Waals surface area (Å²) < 4.78 is 0.773. The first-order chi connectivity index (χ1) is 14.0. The number of fused-ring (bicyclic) bond motifs is 1. The number of nitrogens with zero attached hydrogens (tertiary/aromatic N) is 2. The Bertz CT molecular complexity index is 1110. The average molecular weight is 523 g/mol. The molecule has 0 aliphatic carbocycles. The van der Waals surface area contributed by atoms with Gasteiger partial charge in [0.25, 0.3) is 5.91 Å². The number of carbonyl (C=O) groups is 1. The fourth-order valence-electron chi connectivity index (χ4n) is 3.48. The van der Waals surface area contributed by atoms with Gasteiger partial charge < -0.3 is 5.32 Å². The zero-order valence-electron chi connectivity index (χ0n) is 15.8. The Morgan fingerprint density at radius 2 is 2.03 bits per heavy atom. The predicted molar refractivity (Wildman–Crippen MR) is 128 cm³/mol. The molecule has 3 aromatic rings. The summed E-state index contributed by atoms with van der Waals surface area (Å²) in [6.07, 6.45) is 0.801. The van der Waals surface area contributed by atoms with Crippen molar-refractivity contribution in [3.63, 3.8) is 0 Å². The first-order valence-electron chi connectivity index (χ1n) is 9.12. The number of hydrogen-bond donors (Lipinski definition) is 1. The van der Waals surface area contributed by atoms with E-state index in [1.165, 1.54) is 16.9 Å². The first-order valence-corrected chi connectivity index (χ1v) is 11.1. The molecular formula is C22H18BrCl2N3OS. The van der Waals surface area contributed by atoms with Gasteiger partial charge in [-0.3, -0.25) is 9.69 Å². The van der Waals surface area contributed by atoms with Crippen LogP contribution >= 0.6 is 51.3 Å². The second kappa shape index (κ2) is 9.95. The molecule has 4 rings (SSSR count). The molecule has 0 atom stereocenters. The number of nitrogens with one attached hydrogen (secondary N) is 1. The monoisotopic (exact) mass is 521 g/mol. The van der Waals surface area contributed by atoms with Crippen LogP contribution < -0.4 is 5.32 Å². The molecule has 4 nitrogen and oxygen atoms in total. The van der Waals surface area contributed by atoms with Gasteiger partial charge >= 0.3 is 0 Å². The van der Waals surface area contributed by atoms with Crippen molar-refractivity contribution in [1.82, 2.24) is 4.90 Å². The Morgan fingerprint density at radius 1 is 1.27 bits per heavy atom. The summed E-state index contributed by atoms with van der Waals surface area (Å²) in [5.74, 6) is -0.312. The molecular weight excluding hydrogens is 505 g/mol. The SMILES string of the molecule is Cl.N#Cc1c(NC(=O)c2cc(Br)ccc2Cl)sc2c1CCN(Cc1ccccc1)C2. The second-order valence-corrected chi connectivity index (χ2v) is 9.27. The van der Waals surface area contributed by atoms with E-state index in [0.29, 0.717) is 21.2 Å². The van der Waals surface area contributed by atoms with E-state index >= 15 is 0 Å². The van der Waals surface area contributed by atoms with Crippen LogP contribution in [0.25, 0.3) is 0 Å². The molecule has 154 valence electrons. The highest BCUT2D eigenvalue weighted by Gasteiger charge is 2.26. The summed E-state index contributed by atoms with van der Waals surface area (Å²) in [6.45, 7) is 2.53. The lowest BCUT2D eigenvalue weighted by atomic mass is 10.0. The molecule has 0 radical (unpaired) electrons. The summed E-state index contributed by atoms with van der Waals surface area (Å²) in [7, 11) is 0. The van der Waals surface area contributed by atoms with Crippen molar-refractivity contribution in [2.24, 2.45) is 0 Å². The highest BCUT2D eigenvalue weighted by molar-refractivity contribution is 9.10. The third kappa shape index (κ3) is 4.88. The Morgan fingerprint density at radius 3 is 2.77 bits per heavy atom. The van der Waals surface area contributed by atoms with Gasteiger partial charge in [-0.2, -0.15) is 5.26 Å². The van der Waals surface area contributed by atoms with Crippen LogP contribution in [0.5, 0.6) is 0 Å². The van der Waals surface area contributed by atoms with Crippen LogP contribution in [0.1, 0.15) is 31.9 Å². The van der Waals surface area contributed by atoms with E-state index in [9.17, 15) is 10.1 Å². The topological polar surface area (TPSA) is 56.1 Å². The number of anilines is 1. The number of nitriles is 1. The summed E-state index contributed by atoms with van der Waals surface area (Å²) in [4.78, 5) is 16.2. The zero-order valence-corrected chi connectivity index (χ0v) is 19.8. The lowest BCUT2D eigenvalue weighted by Gasteiger charge is -2.26. The maximum Gasteiger partial charge on any atom is 0.257 e. The van der Waals surface area contributed by atoms with Crippen LogP contribution in [-0.2, 0) is 19.5 Å². The highest BCUT2D eigenvalue weighted by atomic mass is 79.9. The standard InChI is InChI=1S/C22H17BrClN3OS.ClH/c23-15-6-7-19(24)17(10-15)21(28)26-22-18(11-25)16-8-9-27(13-20(16)29-22)12-14-4-2-1-3-5-14;/h1-7,10H,8-9,12-13H2,(H,26,28);1H. The first kappa shape index (κ1) is 22.8. The van der Waals surface area contributed by atoms with E-state index in [0.717, 1.165) is 41.0 Å². The van der Waals surface area contributed by atoms with Gasteiger partial charge in [0.2, 0.25) is 0 Å². The maximum absolute atomic E-state index is 12.7. The Hall–Kier alpha value is -1.88. The van der Waals surface area contributed by atoms with Crippen LogP contribution in [-0.4, -0.2) is 17.4 Å². The van der Waals surface area contributed by atoms with Crippen molar-refractivity contribution in [2.75, 3.05) is 11.9 Å². The molecule has 1 N–H and O–H groups in total. The number of rotatable bonds is 4. The van der Waals surface area contributed by atoms with E-state index in [1.807, 2.05) is 18.2 Å². The van der Waals surface area contributed by atoms with Crippen molar-refractivity contribution in [1.29, 1.82) is 5.26 Å². The Labute approximate surface area is 199 Å². The van der Waals surface area contributed by atoms with Crippen LogP contribution in [0.4, 0.5) is 5.00 Å². The molecule has 1 aliphatic rings. The summed E-state index contributed by atoms with van der Waals surface area (Å²) in [5, 5.41) is 13.6. The van der Waals surface area contributed by atoms with Crippen molar-refractivity contribution >= 4 is 62.2 Å². The minimum atomic E-state index is -0.312. The number of halogens is 3. The molecule has 8 heteroatoms. The van der Waals surface area contributed by atoms with Crippen LogP contribution in [0.2, 0.25) is 5.02 Å². The fourth-order valence-corrected chi connectivity index (χ4v) is 5.28. The van der Waals surface area contributed by atoms with Gasteiger partial charge in [-0.15, -0.1) is 23.7 Å². The molecule has 0 spiro atoms. The molecule has 2 aromatic carbocycles. The number of amides is 1. The second-order valence-electron chi connectivity index (χ2n) is 6.84. The number of carbonyl (C=O) groups excluding carboxylic acids is 1. The van der Waals surface area contributed by atoms with E-state index in [4.69, 9.17) is 11.6 Å². The summed E-state index contributed by atoms with van der Waals surface area (Å²) in [6, 6.07) is 17.8. The van der Waals surface area contributed by atoms with Gasteiger partial charge in [-0.25, -0.2) is 0 Å². The third-order valence-electron chi connectivity index (χ3n) is 4.90. The van der Waals surface area contributed by atoms with Gasteiger partial charge in [0, 0.05) is 29.0 Å². The Balaban J connectivity index is 0.00000256. The predicted octanol–water partition coefficient (Wildman–Crippen LogP) is 6.27. The molecule has 0 unspecified atom stereocenters. The number of benzene rings is 2. The van der Waals surface area contributed by atoms with Crippen LogP contribution in [0, 0.1) is 11.3 Å². The molecule has 1 aliphatic heterocycles. The Kier molecular flexibility index (Phi) is 7.56. The number of thiophene rings is 1. The van der Waals surface area contributed by atoms with Gasteiger partial charge in [-0.1, -0.05) is 57.9 Å². The average Bonchev–Trinajstić information content (AvgIpc) is 3.06. The molecule has 1 aromatic heterocycles. The van der Waals surface area contributed by atoms with Crippen LogP contribution in [0.15, 0.2) is 53.0 Å². The normalized spacial score (nSPS) is 13.1. The van der Waals surface area contributed by atoms with Gasteiger partial charge in [0.05, 0.1) is 16.1 Å². The van der Waals surface area contributed by atoms with E-state index in [1.54, 1.807) is 18.2 Å². The van der Waals surface area contributed by atoms with Gasteiger partial charge in [0.1, 0.15) is 11.1 Å². The highest BCUT2D eigenvalue weighted by Crippen LogP contribution is 2.37. The van der Waals surface area contributed by atoms with Gasteiger partial charge in [-0.05, 0) is 35.7 Å². The molecule has 0 bridgehead atoms. The molecule has 1 amide bonds. The molecule has 2 heterocycles. The van der Waals surface area contributed by atoms with Gasteiger partial charge in [0.15, 0.2) is 0 Å². The lowest BCUT2D eigenvalue weighted by Crippen LogP contribution is -2.29. The van der Waals surface area contributed by atoms with E-state index in [-0.39, 0.29) is 18.3 Å². The number of hydrogen-bond acceptors (Lipinski definition) is 4. The van der Waals surface area contributed by atoms with Crippen molar-refractivity contribution < 1.29 is 4.79 Å². The summed E-state index contributed by atoms with van der Waals surface area (Å²) in [5.41, 5.74) is 3.27. The fraction of sp³-hybridized carbons (Fsp3) is 0.182. The minimum Gasteiger partial charge on any atom is -0.312 e.